The van der Waals surface area contributed by atoms with Crippen molar-refractivity contribution in [3.8, 4) is 11.3 Å². The number of pyridine rings is 1. The number of hydrogen-bond acceptors (Lipinski definition) is 4. The summed E-state index contributed by atoms with van der Waals surface area (Å²) in [5, 5.41) is 9.98. The first-order chi connectivity index (χ1) is 6.81. The lowest BCUT2D eigenvalue weighted by Gasteiger charge is -1.96. The van der Waals surface area contributed by atoms with E-state index in [9.17, 15) is 4.79 Å². The minimum atomic E-state index is 0.302. The number of carbonyl (C=O) groups excluding carboxylic acids is 1. The third-order valence-electron chi connectivity index (χ3n) is 1.87. The smallest absolute Gasteiger partial charge is 0.172 e. The number of nitrogens with one attached hydrogen (secondary N) is 1. The Labute approximate surface area is 80.2 Å². The van der Waals surface area contributed by atoms with Gasteiger partial charge in [-0.2, -0.15) is 15.4 Å². The molecule has 2 aromatic rings. The zero-order valence-electron chi connectivity index (χ0n) is 7.56. The van der Waals surface area contributed by atoms with Crippen molar-refractivity contribution in [3.05, 3.63) is 29.7 Å². The second kappa shape index (κ2) is 3.37. The Bertz CT molecular complexity index is 446. The van der Waals surface area contributed by atoms with E-state index in [4.69, 9.17) is 0 Å². The van der Waals surface area contributed by atoms with Gasteiger partial charge in [0, 0.05) is 17.5 Å². The molecule has 0 amide bonds. The predicted molar refractivity (Wildman–Crippen MR) is 49.7 cm³/mol. The van der Waals surface area contributed by atoms with E-state index >= 15 is 0 Å². The molecule has 5 nitrogen and oxygen atoms in total. The quantitative estimate of drug-likeness (QED) is 0.713. The molecule has 0 aliphatic heterocycles. The molecule has 2 aromatic heterocycles. The van der Waals surface area contributed by atoms with Gasteiger partial charge in [-0.15, -0.1) is 0 Å². The van der Waals surface area contributed by atoms with Crippen LogP contribution < -0.4 is 0 Å². The highest BCUT2D eigenvalue weighted by atomic mass is 16.1. The molecule has 2 heterocycles. The van der Waals surface area contributed by atoms with E-state index in [1.54, 1.807) is 6.20 Å². The molecule has 5 heteroatoms. The fraction of sp³-hybridized carbons (Fsp3) is 0.111. The Kier molecular flexibility index (Phi) is 2.06. The Hall–Kier alpha value is -2.04. The van der Waals surface area contributed by atoms with E-state index in [-0.39, 0.29) is 0 Å². The van der Waals surface area contributed by atoms with E-state index in [1.807, 2.05) is 19.1 Å². The molecule has 1 N–H and O–H groups in total. The highest BCUT2D eigenvalue weighted by Crippen LogP contribution is 2.16. The first-order valence-corrected chi connectivity index (χ1v) is 4.10. The Morgan fingerprint density at radius 3 is 2.86 bits per heavy atom. The van der Waals surface area contributed by atoms with Crippen molar-refractivity contribution in [1.82, 2.24) is 20.4 Å². The van der Waals surface area contributed by atoms with E-state index in [0.29, 0.717) is 17.7 Å². The molecule has 70 valence electrons. The molecule has 14 heavy (non-hydrogen) atoms. The zero-order valence-corrected chi connectivity index (χ0v) is 7.56. The molecule has 0 atom stereocenters. The summed E-state index contributed by atoms with van der Waals surface area (Å²) in [7, 11) is 0. The van der Waals surface area contributed by atoms with Gasteiger partial charge in [-0.3, -0.25) is 9.78 Å². The number of aryl methyl sites for hydroxylation is 1. The molecule has 0 spiro atoms. The number of hydrogen-bond donors (Lipinski definition) is 1. The maximum absolute atomic E-state index is 10.6. The lowest BCUT2D eigenvalue weighted by Crippen LogP contribution is -1.87. The molecular weight excluding hydrogens is 180 g/mol. The van der Waals surface area contributed by atoms with Gasteiger partial charge < -0.3 is 0 Å². The Morgan fingerprint density at radius 1 is 1.36 bits per heavy atom. The van der Waals surface area contributed by atoms with Crippen LogP contribution in [0.1, 0.15) is 16.2 Å². The minimum absolute atomic E-state index is 0.302. The molecular formula is C9H8N4O. The van der Waals surface area contributed by atoms with Crippen molar-refractivity contribution in [3.63, 3.8) is 0 Å². The largest absolute Gasteiger partial charge is 0.296 e. The number of rotatable bonds is 2. The van der Waals surface area contributed by atoms with Crippen LogP contribution in [-0.4, -0.2) is 26.7 Å². The monoisotopic (exact) mass is 188 g/mol. The van der Waals surface area contributed by atoms with Gasteiger partial charge in [0.1, 0.15) is 5.69 Å². The van der Waals surface area contributed by atoms with Crippen molar-refractivity contribution in [2.75, 3.05) is 0 Å². The molecule has 0 bridgehead atoms. The lowest BCUT2D eigenvalue weighted by atomic mass is 10.2. The topological polar surface area (TPSA) is 71.5 Å². The number of nitrogens with zero attached hydrogens (tertiary/aromatic N) is 3. The summed E-state index contributed by atoms with van der Waals surface area (Å²) < 4.78 is 0. The number of H-pyrrole nitrogens is 1. The van der Waals surface area contributed by atoms with Crippen LogP contribution in [0.25, 0.3) is 11.3 Å². The summed E-state index contributed by atoms with van der Waals surface area (Å²) in [4.78, 5) is 14.7. The van der Waals surface area contributed by atoms with Crippen LogP contribution in [0.15, 0.2) is 18.3 Å². The Balaban J connectivity index is 2.49. The van der Waals surface area contributed by atoms with Crippen molar-refractivity contribution in [2.45, 2.75) is 6.92 Å². The van der Waals surface area contributed by atoms with Crippen LogP contribution in [0.4, 0.5) is 0 Å². The van der Waals surface area contributed by atoms with E-state index in [0.717, 1.165) is 11.3 Å². The highest BCUT2D eigenvalue weighted by molar-refractivity contribution is 5.82. The second-order valence-corrected chi connectivity index (χ2v) is 2.86. The first-order valence-electron chi connectivity index (χ1n) is 4.10. The van der Waals surface area contributed by atoms with Crippen LogP contribution in [0.5, 0.6) is 0 Å². The minimum Gasteiger partial charge on any atom is -0.296 e. The molecule has 0 saturated carbocycles. The van der Waals surface area contributed by atoms with Gasteiger partial charge >= 0.3 is 0 Å². The number of aromatic nitrogens is 4. The van der Waals surface area contributed by atoms with Gasteiger partial charge in [0.05, 0.1) is 0 Å². The molecule has 0 fully saturated rings. The maximum atomic E-state index is 10.6. The summed E-state index contributed by atoms with van der Waals surface area (Å²) in [6.07, 6.45) is 2.33. The normalized spacial score (nSPS) is 10.1. The molecule has 0 aliphatic rings. The van der Waals surface area contributed by atoms with Crippen LogP contribution in [0.3, 0.4) is 0 Å². The Morgan fingerprint density at radius 2 is 2.21 bits per heavy atom. The number of aromatic amines is 1. The molecule has 0 unspecified atom stereocenters. The molecule has 0 radical (unpaired) electrons. The lowest BCUT2D eigenvalue weighted by molar-refractivity contribution is 0.111. The van der Waals surface area contributed by atoms with Gasteiger partial charge in [0.2, 0.25) is 0 Å². The maximum Gasteiger partial charge on any atom is 0.172 e. The highest BCUT2D eigenvalue weighted by Gasteiger charge is 2.08. The van der Waals surface area contributed by atoms with Gasteiger partial charge in [-0.25, -0.2) is 0 Å². The van der Waals surface area contributed by atoms with Gasteiger partial charge in [0.25, 0.3) is 0 Å². The molecule has 0 aromatic carbocycles. The van der Waals surface area contributed by atoms with E-state index in [1.165, 1.54) is 0 Å². The zero-order chi connectivity index (χ0) is 9.97. The first kappa shape index (κ1) is 8.55. The second-order valence-electron chi connectivity index (χ2n) is 2.86. The van der Waals surface area contributed by atoms with Crippen LogP contribution in [0, 0.1) is 6.92 Å². The summed E-state index contributed by atoms with van der Waals surface area (Å²) in [5.41, 5.74) is 2.54. The standard InChI is InChI=1S/C9H8N4O/c1-6-2-3-7(4-10-6)9-8(5-14)11-13-12-9/h2-5H,1H3,(H,11,12,13). The van der Waals surface area contributed by atoms with E-state index in [2.05, 4.69) is 20.4 Å². The molecule has 0 saturated heterocycles. The summed E-state index contributed by atoms with van der Waals surface area (Å²) in [5.74, 6) is 0. The van der Waals surface area contributed by atoms with Crippen LogP contribution >= 0.6 is 0 Å². The predicted octanol–water partition coefficient (Wildman–Crippen LogP) is 0.988. The van der Waals surface area contributed by atoms with Gasteiger partial charge in [0.15, 0.2) is 12.0 Å². The summed E-state index contributed by atoms with van der Waals surface area (Å²) in [6.45, 7) is 1.90. The summed E-state index contributed by atoms with van der Waals surface area (Å²) >= 11 is 0. The van der Waals surface area contributed by atoms with Crippen LogP contribution in [0.2, 0.25) is 0 Å². The van der Waals surface area contributed by atoms with Crippen LogP contribution in [-0.2, 0) is 0 Å². The van der Waals surface area contributed by atoms with Crippen molar-refractivity contribution < 1.29 is 4.79 Å². The average Bonchev–Trinajstić information content (AvgIpc) is 2.67. The third kappa shape index (κ3) is 1.39. The number of aldehydes is 1. The number of carbonyl (C=O) groups is 1. The molecule has 0 aliphatic carbocycles. The van der Waals surface area contributed by atoms with E-state index < -0.39 is 0 Å². The SMILES string of the molecule is Cc1ccc(-c2n[nH]nc2C=O)cn1. The van der Waals surface area contributed by atoms with Crippen molar-refractivity contribution >= 4 is 6.29 Å². The fourth-order valence-electron chi connectivity index (χ4n) is 1.14. The third-order valence-corrected chi connectivity index (χ3v) is 1.87. The average molecular weight is 188 g/mol. The van der Waals surface area contributed by atoms with Gasteiger partial charge in [-0.1, -0.05) is 0 Å². The van der Waals surface area contributed by atoms with Crippen molar-refractivity contribution in [1.29, 1.82) is 0 Å². The molecule has 2 rings (SSSR count). The van der Waals surface area contributed by atoms with Crippen molar-refractivity contribution in [2.24, 2.45) is 0 Å². The summed E-state index contributed by atoms with van der Waals surface area (Å²) in [6, 6.07) is 3.71. The van der Waals surface area contributed by atoms with Gasteiger partial charge in [-0.05, 0) is 19.1 Å². The fourth-order valence-corrected chi connectivity index (χ4v) is 1.14.